The summed E-state index contributed by atoms with van der Waals surface area (Å²) in [5.74, 6) is -0.801. The molecule has 2 aliphatic heterocycles. The third-order valence-corrected chi connectivity index (χ3v) is 4.30. The van der Waals surface area contributed by atoms with Gasteiger partial charge in [-0.3, -0.25) is 14.3 Å². The minimum Gasteiger partial charge on any atom is -0.394 e. The van der Waals surface area contributed by atoms with E-state index in [-0.39, 0.29) is 18.1 Å². The number of aromatic amines is 1. The number of ether oxygens (including phenoxy) is 3. The lowest BCUT2D eigenvalue weighted by Crippen LogP contribution is -2.33. The number of hydrogen-bond donors (Lipinski definition) is 3. The van der Waals surface area contributed by atoms with Crippen LogP contribution in [0.4, 0.5) is 5.95 Å². The molecule has 0 saturated carbocycles. The SMILES string of the molecule is Bc1nc2c(=O)[nH]c(N)nc2n1[C@@H]1O[C@H](CO)[C@H]2OC(C)(C)O[C@H]21. The van der Waals surface area contributed by atoms with E-state index in [1.165, 1.54) is 0 Å². The average molecular weight is 335 g/mol. The topological polar surface area (TPSA) is 138 Å². The maximum atomic E-state index is 12.0. The molecule has 4 atom stereocenters. The molecule has 2 aromatic heterocycles. The number of nitrogens with two attached hydrogens (primary N) is 1. The Morgan fingerprint density at radius 3 is 2.79 bits per heavy atom. The lowest BCUT2D eigenvalue weighted by molar-refractivity contribution is -0.199. The minimum absolute atomic E-state index is 0.00850. The normalized spacial score (nSPS) is 31.6. The van der Waals surface area contributed by atoms with Gasteiger partial charge in [0.25, 0.3) is 5.56 Å². The van der Waals surface area contributed by atoms with E-state index in [0.717, 1.165) is 0 Å². The van der Waals surface area contributed by atoms with Crippen LogP contribution in [0.1, 0.15) is 20.1 Å². The highest BCUT2D eigenvalue weighted by Gasteiger charge is 2.56. The summed E-state index contributed by atoms with van der Waals surface area (Å²) in [5, 5.41) is 9.59. The number of nitrogens with one attached hydrogen (secondary N) is 1. The molecular weight excluding hydrogens is 317 g/mol. The Kier molecular flexibility index (Phi) is 3.26. The van der Waals surface area contributed by atoms with Gasteiger partial charge in [0.2, 0.25) is 5.95 Å². The fourth-order valence-electron chi connectivity index (χ4n) is 3.43. The summed E-state index contributed by atoms with van der Waals surface area (Å²) in [7, 11) is 1.74. The lowest BCUT2D eigenvalue weighted by atomic mass is 10.1. The Hall–Kier alpha value is -1.95. The van der Waals surface area contributed by atoms with Gasteiger partial charge in [0, 0.05) is 0 Å². The van der Waals surface area contributed by atoms with E-state index >= 15 is 0 Å². The van der Waals surface area contributed by atoms with Crippen LogP contribution in [-0.4, -0.2) is 63.2 Å². The maximum absolute atomic E-state index is 12.0. The minimum atomic E-state index is -0.793. The number of aliphatic hydroxyl groups excluding tert-OH is 1. The van der Waals surface area contributed by atoms with E-state index in [0.29, 0.717) is 11.4 Å². The van der Waals surface area contributed by atoms with Gasteiger partial charge in [0.05, 0.1) is 12.3 Å². The molecule has 0 amide bonds. The smallest absolute Gasteiger partial charge is 0.280 e. The summed E-state index contributed by atoms with van der Waals surface area (Å²) in [5.41, 5.74) is 6.26. The molecule has 2 aliphatic rings. The van der Waals surface area contributed by atoms with E-state index in [9.17, 15) is 9.90 Å². The van der Waals surface area contributed by atoms with Crippen molar-refractivity contribution in [3.63, 3.8) is 0 Å². The van der Waals surface area contributed by atoms with Crippen molar-refractivity contribution in [2.75, 3.05) is 12.3 Å². The largest absolute Gasteiger partial charge is 0.394 e. The van der Waals surface area contributed by atoms with E-state index in [2.05, 4.69) is 15.0 Å². The van der Waals surface area contributed by atoms with Gasteiger partial charge in [0.1, 0.15) is 18.3 Å². The Labute approximate surface area is 137 Å². The zero-order valence-electron chi connectivity index (χ0n) is 13.5. The first-order chi connectivity index (χ1) is 11.3. The fourth-order valence-corrected chi connectivity index (χ4v) is 3.43. The number of nitrogens with zero attached hydrogens (tertiary/aromatic N) is 3. The number of aliphatic hydroxyl groups is 1. The van der Waals surface area contributed by atoms with Crippen LogP contribution < -0.4 is 17.0 Å². The quantitative estimate of drug-likeness (QED) is 0.507. The van der Waals surface area contributed by atoms with Crippen LogP contribution in [-0.2, 0) is 14.2 Å². The molecule has 0 bridgehead atoms. The molecule has 0 spiro atoms. The van der Waals surface area contributed by atoms with Crippen LogP contribution >= 0.6 is 0 Å². The number of aromatic nitrogens is 4. The number of hydrogen-bond acceptors (Lipinski definition) is 8. The standard InChI is InChI=1S/C13H18BN5O5/c1-13(2)23-6-4(3-20)22-10(7(6)24-13)19-8-5(16-11(19)14)9(21)18-12(15)17-8/h4,6-7,10,20H,3,14H2,1-2H3,(H3,15,17,18,21)/t4-,6-,7-,10-/m1/s1. The van der Waals surface area contributed by atoms with Crippen LogP contribution in [0, 0.1) is 0 Å². The van der Waals surface area contributed by atoms with Gasteiger partial charge in [-0.1, -0.05) is 0 Å². The summed E-state index contributed by atoms with van der Waals surface area (Å²) >= 11 is 0. The van der Waals surface area contributed by atoms with Crippen molar-refractivity contribution >= 4 is 30.7 Å². The summed E-state index contributed by atoms with van der Waals surface area (Å²) in [6.45, 7) is 3.40. The lowest BCUT2D eigenvalue weighted by Gasteiger charge is -2.25. The highest BCUT2D eigenvalue weighted by Crippen LogP contribution is 2.43. The van der Waals surface area contributed by atoms with Gasteiger partial charge in [-0.05, 0) is 13.8 Å². The van der Waals surface area contributed by atoms with Crippen molar-refractivity contribution in [3.8, 4) is 0 Å². The van der Waals surface area contributed by atoms with E-state index < -0.39 is 35.9 Å². The van der Waals surface area contributed by atoms with E-state index in [1.54, 1.807) is 26.3 Å². The van der Waals surface area contributed by atoms with Crippen molar-refractivity contribution < 1.29 is 19.3 Å². The molecule has 128 valence electrons. The molecule has 11 heteroatoms. The first-order valence-corrected chi connectivity index (χ1v) is 7.67. The van der Waals surface area contributed by atoms with Crippen molar-refractivity contribution in [3.05, 3.63) is 10.4 Å². The second-order valence-corrected chi connectivity index (χ2v) is 6.46. The number of imidazole rings is 1. The number of rotatable bonds is 2. The highest BCUT2D eigenvalue weighted by molar-refractivity contribution is 6.30. The molecule has 0 unspecified atom stereocenters. The zero-order chi connectivity index (χ0) is 17.2. The molecule has 2 saturated heterocycles. The monoisotopic (exact) mass is 335 g/mol. The molecular formula is C13H18BN5O5. The van der Waals surface area contributed by atoms with Gasteiger partial charge in [0.15, 0.2) is 31.0 Å². The van der Waals surface area contributed by atoms with Crippen LogP contribution in [0.3, 0.4) is 0 Å². The van der Waals surface area contributed by atoms with Crippen LogP contribution in [0.2, 0.25) is 0 Å². The second kappa shape index (κ2) is 5.02. The molecule has 2 aromatic rings. The van der Waals surface area contributed by atoms with Crippen molar-refractivity contribution in [1.29, 1.82) is 0 Å². The summed E-state index contributed by atoms with van der Waals surface area (Å²) in [6.07, 6.45) is -2.06. The van der Waals surface area contributed by atoms with Gasteiger partial charge in [-0.15, -0.1) is 0 Å². The molecule has 0 aliphatic carbocycles. The number of nitrogen functional groups attached to an aromatic ring is 1. The number of fused-ring (bicyclic) bond motifs is 2. The van der Waals surface area contributed by atoms with E-state index in [4.69, 9.17) is 19.9 Å². The van der Waals surface area contributed by atoms with E-state index in [1.807, 2.05) is 0 Å². The predicted octanol–water partition coefficient (Wildman–Crippen LogP) is -2.63. The van der Waals surface area contributed by atoms with Crippen molar-refractivity contribution in [2.45, 2.75) is 44.2 Å². The third-order valence-electron chi connectivity index (χ3n) is 4.30. The number of H-pyrrole nitrogens is 1. The molecule has 10 nitrogen and oxygen atoms in total. The second-order valence-electron chi connectivity index (χ2n) is 6.46. The Morgan fingerprint density at radius 1 is 1.38 bits per heavy atom. The molecule has 0 radical (unpaired) electrons. The number of anilines is 1. The summed E-state index contributed by atoms with van der Waals surface area (Å²) in [6, 6.07) is 0. The highest BCUT2D eigenvalue weighted by atomic mass is 16.8. The van der Waals surface area contributed by atoms with Gasteiger partial charge < -0.3 is 25.1 Å². The van der Waals surface area contributed by atoms with Gasteiger partial charge >= 0.3 is 0 Å². The molecule has 24 heavy (non-hydrogen) atoms. The molecule has 4 N–H and O–H groups in total. The molecule has 2 fully saturated rings. The van der Waals surface area contributed by atoms with Crippen molar-refractivity contribution in [2.24, 2.45) is 0 Å². The summed E-state index contributed by atoms with van der Waals surface area (Å²) < 4.78 is 19.4. The average Bonchev–Trinajstić information content (AvgIpc) is 3.07. The Morgan fingerprint density at radius 2 is 2.08 bits per heavy atom. The van der Waals surface area contributed by atoms with Crippen LogP contribution in [0.15, 0.2) is 4.79 Å². The molecule has 4 heterocycles. The van der Waals surface area contributed by atoms with Gasteiger partial charge in [-0.25, -0.2) is 4.98 Å². The first kappa shape index (κ1) is 15.6. The molecule has 0 aromatic carbocycles. The predicted molar refractivity (Wildman–Crippen MR) is 85.6 cm³/mol. The fraction of sp³-hybridized carbons (Fsp3) is 0.615. The van der Waals surface area contributed by atoms with Crippen LogP contribution in [0.5, 0.6) is 0 Å². The maximum Gasteiger partial charge on any atom is 0.280 e. The molecule has 4 rings (SSSR count). The Balaban J connectivity index is 1.86. The third kappa shape index (κ3) is 2.16. The Bertz CT molecular complexity index is 864. The van der Waals surface area contributed by atoms with Crippen LogP contribution in [0.25, 0.3) is 11.2 Å². The van der Waals surface area contributed by atoms with Crippen molar-refractivity contribution in [1.82, 2.24) is 19.5 Å². The first-order valence-electron chi connectivity index (χ1n) is 7.67. The van der Waals surface area contributed by atoms with Gasteiger partial charge in [-0.2, -0.15) is 4.98 Å². The zero-order valence-corrected chi connectivity index (χ0v) is 13.5. The summed E-state index contributed by atoms with van der Waals surface area (Å²) in [4.78, 5) is 22.9.